The lowest BCUT2D eigenvalue weighted by atomic mass is 9.76. The first-order chi connectivity index (χ1) is 14.1. The van der Waals surface area contributed by atoms with Gasteiger partial charge in [0.25, 0.3) is 0 Å². The van der Waals surface area contributed by atoms with Crippen LogP contribution in [0.5, 0.6) is 0 Å². The van der Waals surface area contributed by atoms with Gasteiger partial charge in [0.05, 0.1) is 18.4 Å². The molecule has 0 aliphatic carbocycles. The first-order valence-electron chi connectivity index (χ1n) is 10.7. The molecule has 1 aromatic carbocycles. The lowest BCUT2D eigenvalue weighted by molar-refractivity contribution is -0.561. The summed E-state index contributed by atoms with van der Waals surface area (Å²) in [7, 11) is 1.36. The molecule has 0 spiro atoms. The number of nitro groups is 1. The summed E-state index contributed by atoms with van der Waals surface area (Å²) in [5.41, 5.74) is -1.00. The molecule has 0 amide bonds. The van der Waals surface area contributed by atoms with Crippen LogP contribution in [0.15, 0.2) is 24.3 Å². The van der Waals surface area contributed by atoms with Crippen LogP contribution in [0.25, 0.3) is 0 Å². The molecule has 0 heterocycles. The summed E-state index contributed by atoms with van der Waals surface area (Å²) in [4.78, 5) is 36.0. The van der Waals surface area contributed by atoms with Crippen molar-refractivity contribution in [1.82, 2.24) is 0 Å². The maximum Gasteiger partial charge on any atom is 0.316 e. The summed E-state index contributed by atoms with van der Waals surface area (Å²) in [5.74, 6) is -0.965. The highest BCUT2D eigenvalue weighted by molar-refractivity contribution is 5.83. The maximum absolute atomic E-state index is 13.2. The van der Waals surface area contributed by atoms with E-state index in [1.807, 2.05) is 52.0 Å². The van der Waals surface area contributed by atoms with Gasteiger partial charge >= 0.3 is 11.9 Å². The Kier molecular flexibility index (Phi) is 8.79. The highest BCUT2D eigenvalue weighted by Crippen LogP contribution is 2.35. The van der Waals surface area contributed by atoms with Crippen molar-refractivity contribution >= 4 is 11.9 Å². The van der Waals surface area contributed by atoms with Crippen molar-refractivity contribution in [3.63, 3.8) is 0 Å². The van der Waals surface area contributed by atoms with E-state index in [9.17, 15) is 19.7 Å². The van der Waals surface area contributed by atoms with Crippen LogP contribution in [0, 0.1) is 16.0 Å². The molecule has 174 valence electrons. The van der Waals surface area contributed by atoms with E-state index in [-0.39, 0.29) is 22.8 Å². The lowest BCUT2D eigenvalue weighted by Gasteiger charge is -2.32. The van der Waals surface area contributed by atoms with Crippen LogP contribution in [-0.4, -0.2) is 35.1 Å². The van der Waals surface area contributed by atoms with Gasteiger partial charge in [0.1, 0.15) is 5.60 Å². The summed E-state index contributed by atoms with van der Waals surface area (Å²) < 4.78 is 10.5. The van der Waals surface area contributed by atoms with E-state index < -0.39 is 16.6 Å². The molecular formula is C24H37NO6. The second-order valence-electron chi connectivity index (χ2n) is 10.1. The standard InChI is InChI=1S/C24H37NO6/c1-17(20(26)30-8)15-18-11-9-12-19(16-18)24(7,21(27)31-22(2,3)4)14-10-13-23(5,6)25(28)29/h9,11-12,16-17H,10,13-15H2,1-8H3/t17-,24?/m0/s1. The largest absolute Gasteiger partial charge is 0.469 e. The molecule has 0 saturated heterocycles. The van der Waals surface area contributed by atoms with E-state index in [1.165, 1.54) is 7.11 Å². The monoisotopic (exact) mass is 435 g/mol. The topological polar surface area (TPSA) is 95.7 Å². The number of nitrogens with zero attached hydrogens (tertiary/aromatic N) is 1. The molecule has 7 nitrogen and oxygen atoms in total. The second-order valence-corrected chi connectivity index (χ2v) is 10.1. The molecule has 1 rings (SSSR count). The number of carbonyl (C=O) groups is 2. The van der Waals surface area contributed by atoms with Crippen molar-refractivity contribution in [1.29, 1.82) is 0 Å². The summed E-state index contributed by atoms with van der Waals surface area (Å²) >= 11 is 0. The quantitative estimate of drug-likeness (QED) is 0.296. The molecule has 1 aromatic rings. The third kappa shape index (κ3) is 7.64. The van der Waals surface area contributed by atoms with Crippen molar-refractivity contribution in [2.75, 3.05) is 7.11 Å². The smallest absolute Gasteiger partial charge is 0.316 e. The minimum atomic E-state index is -1.06. The van der Waals surface area contributed by atoms with E-state index in [0.29, 0.717) is 25.7 Å². The number of hydrogen-bond donors (Lipinski definition) is 0. The van der Waals surface area contributed by atoms with Crippen LogP contribution in [0.3, 0.4) is 0 Å². The van der Waals surface area contributed by atoms with Gasteiger partial charge in [-0.3, -0.25) is 19.7 Å². The van der Waals surface area contributed by atoms with E-state index in [1.54, 1.807) is 20.8 Å². The van der Waals surface area contributed by atoms with Crippen molar-refractivity contribution in [2.24, 2.45) is 5.92 Å². The number of rotatable bonds is 10. The Bertz CT molecular complexity index is 796. The Hall–Kier alpha value is -2.44. The highest BCUT2D eigenvalue weighted by atomic mass is 16.6. The normalized spacial score (nSPS) is 15.0. The molecule has 0 aliphatic heterocycles. The molecule has 0 saturated carbocycles. The average Bonchev–Trinajstić information content (AvgIpc) is 2.65. The summed E-state index contributed by atoms with van der Waals surface area (Å²) in [6, 6.07) is 7.56. The van der Waals surface area contributed by atoms with E-state index in [2.05, 4.69) is 0 Å². The lowest BCUT2D eigenvalue weighted by Crippen LogP contribution is -2.40. The van der Waals surface area contributed by atoms with Crippen LogP contribution < -0.4 is 0 Å². The van der Waals surface area contributed by atoms with Crippen LogP contribution in [-0.2, 0) is 30.9 Å². The molecule has 0 radical (unpaired) electrons. The Morgan fingerprint density at radius 2 is 1.71 bits per heavy atom. The zero-order valence-corrected chi connectivity index (χ0v) is 20.1. The molecule has 0 aromatic heterocycles. The fraction of sp³-hybridized carbons (Fsp3) is 0.667. The minimum Gasteiger partial charge on any atom is -0.469 e. The van der Waals surface area contributed by atoms with E-state index in [4.69, 9.17) is 9.47 Å². The summed E-state index contributed by atoms with van der Waals surface area (Å²) in [6.45, 7) is 12.2. The van der Waals surface area contributed by atoms with Crippen LogP contribution in [0.4, 0.5) is 0 Å². The molecule has 0 N–H and O–H groups in total. The number of hydrogen-bond acceptors (Lipinski definition) is 6. The van der Waals surface area contributed by atoms with Gasteiger partial charge in [-0.1, -0.05) is 31.2 Å². The molecular weight excluding hydrogens is 398 g/mol. The predicted octanol–water partition coefficient (Wildman–Crippen LogP) is 4.86. The van der Waals surface area contributed by atoms with Crippen LogP contribution in [0.2, 0.25) is 0 Å². The third-order valence-corrected chi connectivity index (χ3v) is 5.52. The molecule has 0 aliphatic rings. The third-order valence-electron chi connectivity index (χ3n) is 5.52. The maximum atomic E-state index is 13.2. The number of esters is 2. The van der Waals surface area contributed by atoms with Gasteiger partial charge in [0, 0.05) is 25.2 Å². The SMILES string of the molecule is COC(=O)[C@@H](C)Cc1cccc(C(C)(CCCC(C)(C)[N+](=O)[O-])C(=O)OC(C)(C)C)c1. The Morgan fingerprint density at radius 1 is 1.10 bits per heavy atom. The molecule has 1 unspecified atom stereocenters. The average molecular weight is 436 g/mol. The van der Waals surface area contributed by atoms with E-state index in [0.717, 1.165) is 11.1 Å². The fourth-order valence-corrected chi connectivity index (χ4v) is 3.40. The van der Waals surface area contributed by atoms with Crippen LogP contribution in [0.1, 0.15) is 78.9 Å². The summed E-state index contributed by atoms with van der Waals surface area (Å²) in [5, 5.41) is 11.3. The zero-order valence-electron chi connectivity index (χ0n) is 20.1. The van der Waals surface area contributed by atoms with Crippen molar-refractivity contribution in [3.8, 4) is 0 Å². The molecule has 0 bridgehead atoms. The number of methoxy groups -OCH3 is 1. The number of benzene rings is 1. The number of carbonyl (C=O) groups excluding carboxylic acids is 2. The second kappa shape index (κ2) is 10.2. The molecule has 7 heteroatoms. The fourth-order valence-electron chi connectivity index (χ4n) is 3.40. The van der Waals surface area contributed by atoms with Gasteiger partial charge in [0.2, 0.25) is 5.54 Å². The van der Waals surface area contributed by atoms with Gasteiger partial charge < -0.3 is 9.47 Å². The number of ether oxygens (including phenoxy) is 2. The zero-order chi connectivity index (χ0) is 24.0. The van der Waals surface area contributed by atoms with Crippen molar-refractivity contribution in [2.45, 2.75) is 90.7 Å². The Balaban J connectivity index is 3.22. The van der Waals surface area contributed by atoms with Gasteiger partial charge in [-0.2, -0.15) is 0 Å². The van der Waals surface area contributed by atoms with E-state index >= 15 is 0 Å². The molecule has 0 fully saturated rings. The van der Waals surface area contributed by atoms with Gasteiger partial charge in [0.15, 0.2) is 0 Å². The molecule has 2 atom stereocenters. The summed E-state index contributed by atoms with van der Waals surface area (Å²) in [6.07, 6.45) is 1.73. The van der Waals surface area contributed by atoms with Crippen LogP contribution >= 0.6 is 0 Å². The first kappa shape index (κ1) is 26.6. The highest BCUT2D eigenvalue weighted by Gasteiger charge is 2.40. The predicted molar refractivity (Wildman–Crippen MR) is 119 cm³/mol. The van der Waals surface area contributed by atoms with Gasteiger partial charge in [-0.15, -0.1) is 0 Å². The first-order valence-corrected chi connectivity index (χ1v) is 10.7. The Morgan fingerprint density at radius 3 is 2.23 bits per heavy atom. The van der Waals surface area contributed by atoms with Crippen molar-refractivity contribution < 1.29 is 24.0 Å². The van der Waals surface area contributed by atoms with Gasteiger partial charge in [-0.05, 0) is 58.1 Å². The minimum absolute atomic E-state index is 0.285. The Labute approximate surface area is 185 Å². The van der Waals surface area contributed by atoms with Crippen molar-refractivity contribution in [3.05, 3.63) is 45.5 Å². The molecule has 31 heavy (non-hydrogen) atoms. The van der Waals surface area contributed by atoms with Gasteiger partial charge in [-0.25, -0.2) is 0 Å².